The van der Waals surface area contributed by atoms with Crippen LogP contribution < -0.4 is 4.72 Å². The number of hydrogen-bond donors (Lipinski definition) is 1. The van der Waals surface area contributed by atoms with Crippen molar-refractivity contribution in [3.8, 4) is 0 Å². The van der Waals surface area contributed by atoms with Gasteiger partial charge in [0.25, 0.3) is 0 Å². The van der Waals surface area contributed by atoms with Gasteiger partial charge in [0.15, 0.2) is 0 Å². The summed E-state index contributed by atoms with van der Waals surface area (Å²) < 4.78 is 28.3. The Hall–Kier alpha value is -0.390. The van der Waals surface area contributed by atoms with Crippen molar-refractivity contribution in [3.63, 3.8) is 0 Å². The first-order chi connectivity index (χ1) is 10.6. The molecular weight excluding hydrogens is 314 g/mol. The Morgan fingerprint density at radius 3 is 2.41 bits per heavy atom. The first-order valence-corrected chi connectivity index (χ1v) is 11.1. The number of thiophene rings is 1. The van der Waals surface area contributed by atoms with Gasteiger partial charge < -0.3 is 0 Å². The predicted molar refractivity (Wildman–Crippen MR) is 92.9 cm³/mol. The van der Waals surface area contributed by atoms with Crippen molar-refractivity contribution in [1.29, 1.82) is 0 Å². The third-order valence-electron chi connectivity index (χ3n) is 5.46. The van der Waals surface area contributed by atoms with Crippen LogP contribution in [0.15, 0.2) is 17.5 Å². The van der Waals surface area contributed by atoms with Crippen LogP contribution in [0.1, 0.15) is 69.1 Å². The van der Waals surface area contributed by atoms with E-state index < -0.39 is 10.0 Å². The van der Waals surface area contributed by atoms with Crippen LogP contribution in [0.3, 0.4) is 0 Å². The minimum absolute atomic E-state index is 0.0359. The van der Waals surface area contributed by atoms with Crippen molar-refractivity contribution < 1.29 is 8.42 Å². The van der Waals surface area contributed by atoms with E-state index in [0.717, 1.165) is 38.5 Å². The molecule has 0 atom stereocenters. The molecule has 0 bridgehead atoms. The topological polar surface area (TPSA) is 46.2 Å². The maximum Gasteiger partial charge on any atom is 0.214 e. The molecule has 1 N–H and O–H groups in total. The summed E-state index contributed by atoms with van der Waals surface area (Å²) in [5.74, 6) is 0. The van der Waals surface area contributed by atoms with Gasteiger partial charge in [-0.3, -0.25) is 0 Å². The summed E-state index contributed by atoms with van der Waals surface area (Å²) in [6.07, 6.45) is 10.9. The monoisotopic (exact) mass is 341 g/mol. The van der Waals surface area contributed by atoms with Crippen LogP contribution in [0.4, 0.5) is 0 Å². The Balaban J connectivity index is 1.71. The molecule has 2 aliphatic rings. The largest absolute Gasteiger partial charge is 0.214 e. The molecule has 0 saturated heterocycles. The van der Waals surface area contributed by atoms with Gasteiger partial charge in [0.2, 0.25) is 10.0 Å². The Kier molecular flexibility index (Phi) is 5.25. The van der Waals surface area contributed by atoms with Crippen LogP contribution in [0.5, 0.6) is 0 Å². The smallest absolute Gasteiger partial charge is 0.214 e. The lowest BCUT2D eigenvalue weighted by Crippen LogP contribution is -2.45. The molecule has 0 unspecified atom stereocenters. The van der Waals surface area contributed by atoms with Crippen LogP contribution in [0, 0.1) is 0 Å². The normalized spacial score (nSPS) is 23.5. The van der Waals surface area contributed by atoms with Gasteiger partial charge in [-0.15, -0.1) is 11.3 Å². The highest BCUT2D eigenvalue weighted by atomic mass is 32.2. The lowest BCUT2D eigenvalue weighted by atomic mass is 9.73. The second-order valence-electron chi connectivity index (χ2n) is 6.94. The molecule has 22 heavy (non-hydrogen) atoms. The first kappa shape index (κ1) is 16.5. The predicted octanol–water partition coefficient (Wildman–Crippen LogP) is 4.20. The third-order valence-corrected chi connectivity index (χ3v) is 8.47. The molecule has 2 fully saturated rings. The molecule has 3 nitrogen and oxygen atoms in total. The van der Waals surface area contributed by atoms with Crippen molar-refractivity contribution in [2.24, 2.45) is 0 Å². The summed E-state index contributed by atoms with van der Waals surface area (Å²) >= 11 is 1.78. The minimum atomic E-state index is -3.16. The van der Waals surface area contributed by atoms with Gasteiger partial charge >= 0.3 is 0 Å². The summed E-state index contributed by atoms with van der Waals surface area (Å²) in [4.78, 5) is 1.36. The quantitative estimate of drug-likeness (QED) is 0.872. The maximum absolute atomic E-state index is 12.6. The zero-order chi connectivity index (χ0) is 15.5. The molecule has 124 valence electrons. The summed E-state index contributed by atoms with van der Waals surface area (Å²) in [5.41, 5.74) is 0.0359. The lowest BCUT2D eigenvalue weighted by Gasteiger charge is -2.37. The van der Waals surface area contributed by atoms with E-state index in [-0.39, 0.29) is 10.7 Å². The molecule has 0 radical (unpaired) electrons. The molecular formula is C17H27NO2S2. The Morgan fingerprint density at radius 2 is 1.77 bits per heavy atom. The van der Waals surface area contributed by atoms with Gasteiger partial charge in [0.1, 0.15) is 0 Å². The highest BCUT2D eigenvalue weighted by molar-refractivity contribution is 7.90. The summed E-state index contributed by atoms with van der Waals surface area (Å²) in [6, 6.07) is 4.27. The highest BCUT2D eigenvalue weighted by Crippen LogP contribution is 2.41. The summed E-state index contributed by atoms with van der Waals surface area (Å²) in [5, 5.41) is 1.95. The maximum atomic E-state index is 12.6. The Labute approximate surface area is 138 Å². The summed E-state index contributed by atoms with van der Waals surface area (Å²) in [6.45, 7) is 0.590. The molecule has 1 heterocycles. The number of rotatable bonds is 5. The van der Waals surface area contributed by atoms with E-state index in [2.05, 4.69) is 22.2 Å². The molecule has 3 rings (SSSR count). The molecule has 0 aliphatic heterocycles. The molecule has 0 amide bonds. The second kappa shape index (κ2) is 7.02. The first-order valence-electron chi connectivity index (χ1n) is 8.65. The van der Waals surface area contributed by atoms with Crippen molar-refractivity contribution in [2.75, 3.05) is 6.54 Å². The van der Waals surface area contributed by atoms with Gasteiger partial charge in [-0.05, 0) is 37.1 Å². The second-order valence-corrected chi connectivity index (χ2v) is 9.94. The van der Waals surface area contributed by atoms with E-state index in [0.29, 0.717) is 6.54 Å². The van der Waals surface area contributed by atoms with E-state index in [9.17, 15) is 8.42 Å². The van der Waals surface area contributed by atoms with Crippen molar-refractivity contribution >= 4 is 21.4 Å². The molecule has 5 heteroatoms. The highest BCUT2D eigenvalue weighted by Gasteiger charge is 2.37. The van der Waals surface area contributed by atoms with Gasteiger partial charge in [0.05, 0.1) is 5.25 Å². The Bertz CT molecular complexity index is 553. The van der Waals surface area contributed by atoms with Crippen LogP contribution in [-0.2, 0) is 15.4 Å². The van der Waals surface area contributed by atoms with E-state index in [4.69, 9.17) is 0 Å². The van der Waals surface area contributed by atoms with Crippen LogP contribution in [0.2, 0.25) is 0 Å². The average molecular weight is 342 g/mol. The van der Waals surface area contributed by atoms with Gasteiger partial charge in [0, 0.05) is 16.8 Å². The molecule has 0 aromatic carbocycles. The van der Waals surface area contributed by atoms with E-state index in [1.165, 1.54) is 30.6 Å². The lowest BCUT2D eigenvalue weighted by molar-refractivity contribution is 0.297. The standard InChI is InChI=1S/C17H27NO2S2/c19-22(20,15-8-3-1-4-9-15)18-14-17(11-5-2-6-12-17)16-10-7-13-21-16/h7,10,13,15,18H,1-6,8-9,11-12,14H2. The van der Waals surface area contributed by atoms with E-state index >= 15 is 0 Å². The molecule has 0 spiro atoms. The third kappa shape index (κ3) is 3.57. The summed E-state index contributed by atoms with van der Waals surface area (Å²) in [7, 11) is -3.16. The number of sulfonamides is 1. The van der Waals surface area contributed by atoms with Gasteiger partial charge in [-0.1, -0.05) is 44.6 Å². The average Bonchev–Trinajstić information content (AvgIpc) is 3.10. The van der Waals surface area contributed by atoms with Crippen molar-refractivity contribution in [3.05, 3.63) is 22.4 Å². The molecule has 2 saturated carbocycles. The molecule has 1 aromatic heterocycles. The fourth-order valence-corrected chi connectivity index (χ4v) is 6.71. The SMILES string of the molecule is O=S(=O)(NCC1(c2cccs2)CCCCC1)C1CCCCC1. The fraction of sp³-hybridized carbons (Fsp3) is 0.765. The zero-order valence-electron chi connectivity index (χ0n) is 13.2. The zero-order valence-corrected chi connectivity index (χ0v) is 14.9. The van der Waals surface area contributed by atoms with Gasteiger partial charge in [-0.25, -0.2) is 13.1 Å². The van der Waals surface area contributed by atoms with E-state index in [1.807, 2.05) is 0 Å². The van der Waals surface area contributed by atoms with Crippen molar-refractivity contribution in [2.45, 2.75) is 74.9 Å². The molecule has 1 aromatic rings. The Morgan fingerprint density at radius 1 is 1.09 bits per heavy atom. The van der Waals surface area contributed by atoms with E-state index in [1.54, 1.807) is 11.3 Å². The fourth-order valence-electron chi connectivity index (χ4n) is 4.05. The van der Waals surface area contributed by atoms with Crippen LogP contribution in [0.25, 0.3) is 0 Å². The van der Waals surface area contributed by atoms with Crippen LogP contribution in [-0.4, -0.2) is 20.2 Å². The van der Waals surface area contributed by atoms with Crippen LogP contribution >= 0.6 is 11.3 Å². The van der Waals surface area contributed by atoms with Crippen molar-refractivity contribution in [1.82, 2.24) is 4.72 Å². The number of nitrogens with one attached hydrogen (secondary N) is 1. The minimum Gasteiger partial charge on any atom is -0.214 e. The molecule has 2 aliphatic carbocycles. The number of hydrogen-bond acceptors (Lipinski definition) is 3. The van der Waals surface area contributed by atoms with Gasteiger partial charge in [-0.2, -0.15) is 0 Å².